The predicted molar refractivity (Wildman–Crippen MR) is 104 cm³/mol. The van der Waals surface area contributed by atoms with Crippen molar-refractivity contribution in [3.63, 3.8) is 0 Å². The minimum absolute atomic E-state index is 0.0658. The maximum absolute atomic E-state index is 12.9. The topological polar surface area (TPSA) is 77.4 Å². The van der Waals surface area contributed by atoms with Crippen LogP contribution in [0.3, 0.4) is 0 Å². The third kappa shape index (κ3) is 4.99. The van der Waals surface area contributed by atoms with Crippen LogP contribution in [0, 0.1) is 18.3 Å². The maximum Gasteiger partial charge on any atom is 0.307 e. The average Bonchev–Trinajstić information content (AvgIpc) is 2.78. The van der Waals surface area contributed by atoms with Crippen LogP contribution in [0.4, 0.5) is 0 Å². The number of rotatable bonds is 7. The van der Waals surface area contributed by atoms with Gasteiger partial charge in [0, 0.05) is 36.5 Å². The first-order valence-electron chi connectivity index (χ1n) is 9.63. The Morgan fingerprint density at radius 1 is 1.26 bits per heavy atom. The zero-order valence-corrected chi connectivity index (χ0v) is 17.4. The molecule has 1 heterocycles. The van der Waals surface area contributed by atoms with Crippen LogP contribution in [-0.4, -0.2) is 35.9 Å². The molecular formula is C21H32N2O4. The van der Waals surface area contributed by atoms with Crippen molar-refractivity contribution >= 4 is 17.7 Å². The predicted octanol–water partition coefficient (Wildman–Crippen LogP) is 2.83. The third-order valence-electron chi connectivity index (χ3n) is 5.09. The van der Waals surface area contributed by atoms with E-state index in [1.54, 1.807) is 0 Å². The van der Waals surface area contributed by atoms with E-state index in [1.807, 2.05) is 6.92 Å². The van der Waals surface area contributed by atoms with Crippen LogP contribution in [0.5, 0.6) is 0 Å². The molecule has 0 bridgehead atoms. The van der Waals surface area contributed by atoms with E-state index in [9.17, 15) is 14.4 Å². The van der Waals surface area contributed by atoms with Gasteiger partial charge >= 0.3 is 5.97 Å². The standard InChI is InChI=1S/C21H32N2O4/c1-13(2)12-23-14(3)15(9-18(25)22-8-7-19(26)27-6)20-16(23)10-21(4,5)11-17(20)24/h13H,7-12H2,1-6H3,(H,22,25). The number of Topliss-reactive ketones (excluding diaryl/α,β-unsaturated/α-hetero) is 1. The highest BCUT2D eigenvalue weighted by Crippen LogP contribution is 2.39. The van der Waals surface area contributed by atoms with Gasteiger partial charge in [0.1, 0.15) is 0 Å². The van der Waals surface area contributed by atoms with Crippen molar-refractivity contribution in [2.75, 3.05) is 13.7 Å². The molecule has 0 spiro atoms. The molecule has 0 fully saturated rings. The highest BCUT2D eigenvalue weighted by atomic mass is 16.5. The molecule has 0 saturated heterocycles. The number of fused-ring (bicyclic) bond motifs is 1. The Labute approximate surface area is 161 Å². The Balaban J connectivity index is 2.29. The van der Waals surface area contributed by atoms with Gasteiger partial charge in [-0.25, -0.2) is 0 Å². The number of esters is 1. The number of nitrogens with zero attached hydrogens (tertiary/aromatic N) is 1. The summed E-state index contributed by atoms with van der Waals surface area (Å²) < 4.78 is 6.81. The Morgan fingerprint density at radius 2 is 1.93 bits per heavy atom. The summed E-state index contributed by atoms with van der Waals surface area (Å²) in [5.74, 6) is 0.0415. The van der Waals surface area contributed by atoms with Crippen molar-refractivity contribution in [1.82, 2.24) is 9.88 Å². The molecule has 1 aromatic heterocycles. The molecule has 6 nitrogen and oxygen atoms in total. The zero-order chi connectivity index (χ0) is 20.4. The first kappa shape index (κ1) is 21.2. The summed E-state index contributed by atoms with van der Waals surface area (Å²) in [6.07, 6.45) is 1.64. The second-order valence-electron chi connectivity index (χ2n) is 8.68. The van der Waals surface area contributed by atoms with Gasteiger partial charge in [-0.05, 0) is 30.2 Å². The lowest BCUT2D eigenvalue weighted by atomic mass is 9.75. The summed E-state index contributed by atoms with van der Waals surface area (Å²) in [7, 11) is 1.32. The second kappa shape index (κ2) is 8.28. The fraction of sp³-hybridized carbons (Fsp3) is 0.667. The summed E-state index contributed by atoms with van der Waals surface area (Å²) in [5.41, 5.74) is 3.59. The molecule has 1 aromatic rings. The number of carbonyl (C=O) groups is 3. The van der Waals surface area contributed by atoms with Crippen LogP contribution >= 0.6 is 0 Å². The van der Waals surface area contributed by atoms with Crippen LogP contribution in [0.2, 0.25) is 0 Å². The monoisotopic (exact) mass is 376 g/mol. The van der Waals surface area contributed by atoms with Gasteiger partial charge < -0.3 is 14.6 Å². The summed E-state index contributed by atoms with van der Waals surface area (Å²) in [6, 6.07) is 0. The first-order valence-corrected chi connectivity index (χ1v) is 9.63. The number of methoxy groups -OCH3 is 1. The van der Waals surface area contributed by atoms with Gasteiger partial charge in [0.2, 0.25) is 5.91 Å². The number of hydrogen-bond donors (Lipinski definition) is 1. The van der Waals surface area contributed by atoms with Gasteiger partial charge in [-0.1, -0.05) is 27.7 Å². The second-order valence-corrected chi connectivity index (χ2v) is 8.68. The van der Waals surface area contributed by atoms with E-state index in [0.717, 1.165) is 35.5 Å². The Hall–Kier alpha value is -2.11. The van der Waals surface area contributed by atoms with Gasteiger partial charge in [0.15, 0.2) is 5.78 Å². The lowest BCUT2D eigenvalue weighted by Gasteiger charge is -2.30. The summed E-state index contributed by atoms with van der Waals surface area (Å²) in [6.45, 7) is 11.6. The first-order chi connectivity index (χ1) is 12.6. The van der Waals surface area contributed by atoms with Crippen LogP contribution in [-0.2, 0) is 33.7 Å². The van der Waals surface area contributed by atoms with E-state index in [-0.39, 0.29) is 42.5 Å². The maximum atomic E-state index is 12.9. The van der Waals surface area contributed by atoms with E-state index in [4.69, 9.17) is 0 Å². The van der Waals surface area contributed by atoms with Crippen LogP contribution < -0.4 is 5.32 Å². The number of hydrogen-bond acceptors (Lipinski definition) is 4. The molecule has 0 aliphatic heterocycles. The number of ether oxygens (including phenoxy) is 1. The van der Waals surface area contributed by atoms with E-state index < -0.39 is 0 Å². The molecule has 0 atom stereocenters. The number of ketones is 1. The van der Waals surface area contributed by atoms with Crippen molar-refractivity contribution in [2.45, 2.75) is 66.8 Å². The highest BCUT2D eigenvalue weighted by molar-refractivity contribution is 6.01. The Morgan fingerprint density at radius 3 is 2.52 bits per heavy atom. The zero-order valence-electron chi connectivity index (χ0n) is 17.4. The van der Waals surface area contributed by atoms with Crippen LogP contribution in [0.1, 0.15) is 67.8 Å². The summed E-state index contributed by atoms with van der Waals surface area (Å²) in [4.78, 5) is 36.5. The molecule has 2 rings (SSSR count). The minimum Gasteiger partial charge on any atom is -0.469 e. The van der Waals surface area contributed by atoms with Gasteiger partial charge in [-0.3, -0.25) is 14.4 Å². The molecule has 1 N–H and O–H groups in total. The minimum atomic E-state index is -0.357. The van der Waals surface area contributed by atoms with Crippen molar-refractivity contribution < 1.29 is 19.1 Å². The van der Waals surface area contributed by atoms with Gasteiger partial charge in [0.05, 0.1) is 20.0 Å². The van der Waals surface area contributed by atoms with E-state index in [1.165, 1.54) is 7.11 Å². The smallest absolute Gasteiger partial charge is 0.307 e. The van der Waals surface area contributed by atoms with Crippen molar-refractivity contribution in [3.05, 3.63) is 22.5 Å². The normalized spacial score (nSPS) is 15.6. The van der Waals surface area contributed by atoms with Crippen molar-refractivity contribution in [1.29, 1.82) is 0 Å². The molecule has 1 aliphatic carbocycles. The van der Waals surface area contributed by atoms with Crippen LogP contribution in [0.15, 0.2) is 0 Å². The quantitative estimate of drug-likeness (QED) is 0.743. The lowest BCUT2D eigenvalue weighted by Crippen LogP contribution is -2.30. The molecule has 0 unspecified atom stereocenters. The summed E-state index contributed by atoms with van der Waals surface area (Å²) >= 11 is 0. The highest BCUT2D eigenvalue weighted by Gasteiger charge is 2.37. The molecule has 0 saturated carbocycles. The number of aromatic nitrogens is 1. The van der Waals surface area contributed by atoms with Crippen molar-refractivity contribution in [3.8, 4) is 0 Å². The van der Waals surface area contributed by atoms with Gasteiger partial charge in [-0.15, -0.1) is 0 Å². The average molecular weight is 376 g/mol. The number of nitrogens with one attached hydrogen (secondary N) is 1. The van der Waals surface area contributed by atoms with E-state index in [0.29, 0.717) is 12.3 Å². The molecule has 0 radical (unpaired) electrons. The summed E-state index contributed by atoms with van der Waals surface area (Å²) in [5, 5.41) is 2.75. The molecule has 1 aliphatic rings. The Bertz CT molecular complexity index is 744. The lowest BCUT2D eigenvalue weighted by molar-refractivity contribution is -0.140. The fourth-order valence-corrected chi connectivity index (χ4v) is 3.86. The number of carbonyl (C=O) groups excluding carboxylic acids is 3. The fourth-order valence-electron chi connectivity index (χ4n) is 3.86. The molecule has 27 heavy (non-hydrogen) atoms. The van der Waals surface area contributed by atoms with Gasteiger partial charge in [0.25, 0.3) is 0 Å². The van der Waals surface area contributed by atoms with Crippen LogP contribution in [0.25, 0.3) is 0 Å². The largest absolute Gasteiger partial charge is 0.469 e. The molecular weight excluding hydrogens is 344 g/mol. The Kier molecular flexibility index (Phi) is 6.50. The molecule has 150 valence electrons. The third-order valence-corrected chi connectivity index (χ3v) is 5.09. The SMILES string of the molecule is COC(=O)CCNC(=O)Cc1c2c(n(CC(C)C)c1C)CC(C)(C)CC2=O. The molecule has 0 aromatic carbocycles. The van der Waals surface area contributed by atoms with Gasteiger partial charge in [-0.2, -0.15) is 0 Å². The molecule has 6 heteroatoms. The molecule has 1 amide bonds. The van der Waals surface area contributed by atoms with E-state index >= 15 is 0 Å². The number of amides is 1. The van der Waals surface area contributed by atoms with E-state index in [2.05, 4.69) is 42.3 Å². The van der Waals surface area contributed by atoms with Crippen molar-refractivity contribution in [2.24, 2.45) is 11.3 Å².